The van der Waals surface area contributed by atoms with Crippen LogP contribution in [0.1, 0.15) is 40.0 Å². The Morgan fingerprint density at radius 3 is 2.75 bits per heavy atom. The van der Waals surface area contributed by atoms with Gasteiger partial charge in [0.25, 0.3) is 0 Å². The monoisotopic (exact) mass is 310 g/mol. The molecule has 2 aromatic rings. The molecule has 0 saturated heterocycles. The van der Waals surface area contributed by atoms with Crippen LogP contribution < -0.4 is 5.32 Å². The van der Waals surface area contributed by atoms with Gasteiger partial charge < -0.3 is 5.32 Å². The van der Waals surface area contributed by atoms with E-state index in [9.17, 15) is 4.39 Å². The maximum Gasteiger partial charge on any atom is 0.146 e. The molecular formula is C15H16ClFN2S. The van der Waals surface area contributed by atoms with Crippen LogP contribution in [0.5, 0.6) is 0 Å². The van der Waals surface area contributed by atoms with Gasteiger partial charge in [0.2, 0.25) is 0 Å². The Bertz CT molecular complexity index is 617. The van der Waals surface area contributed by atoms with E-state index in [4.69, 9.17) is 11.6 Å². The molecule has 0 aliphatic heterocycles. The van der Waals surface area contributed by atoms with Crippen LogP contribution in [0.15, 0.2) is 18.2 Å². The highest BCUT2D eigenvalue weighted by Crippen LogP contribution is 2.34. The SMILES string of the molecule is Cc1nc(C(NC2CC2)c2cccc(Cl)c2F)sc1C. The molecule has 1 heterocycles. The minimum atomic E-state index is -0.349. The van der Waals surface area contributed by atoms with Crippen molar-refractivity contribution in [2.24, 2.45) is 0 Å². The summed E-state index contributed by atoms with van der Waals surface area (Å²) in [6, 6.07) is 5.40. The summed E-state index contributed by atoms with van der Waals surface area (Å²) >= 11 is 7.53. The minimum Gasteiger partial charge on any atom is -0.301 e. The molecule has 1 aromatic heterocycles. The summed E-state index contributed by atoms with van der Waals surface area (Å²) in [7, 11) is 0. The van der Waals surface area contributed by atoms with Gasteiger partial charge in [-0.2, -0.15) is 0 Å². The molecule has 1 aliphatic rings. The highest BCUT2D eigenvalue weighted by Gasteiger charge is 2.30. The lowest BCUT2D eigenvalue weighted by atomic mass is 10.1. The van der Waals surface area contributed by atoms with Crippen LogP contribution >= 0.6 is 22.9 Å². The van der Waals surface area contributed by atoms with E-state index in [2.05, 4.69) is 10.3 Å². The van der Waals surface area contributed by atoms with Crippen molar-refractivity contribution >= 4 is 22.9 Å². The fourth-order valence-corrected chi connectivity index (χ4v) is 3.33. The fourth-order valence-electron chi connectivity index (χ4n) is 2.14. The van der Waals surface area contributed by atoms with Crippen molar-refractivity contribution in [3.63, 3.8) is 0 Å². The van der Waals surface area contributed by atoms with E-state index in [1.807, 2.05) is 13.8 Å². The summed E-state index contributed by atoms with van der Waals surface area (Å²) in [6.07, 6.45) is 2.28. The molecule has 106 valence electrons. The van der Waals surface area contributed by atoms with Gasteiger partial charge in [0.05, 0.1) is 16.8 Å². The third-order valence-corrected chi connectivity index (χ3v) is 4.99. The third kappa shape index (κ3) is 2.73. The largest absolute Gasteiger partial charge is 0.301 e. The summed E-state index contributed by atoms with van der Waals surface area (Å²) in [5, 5.41) is 4.55. The second-order valence-corrected chi connectivity index (χ2v) is 6.85. The fraction of sp³-hybridized carbons (Fsp3) is 0.400. The van der Waals surface area contributed by atoms with Crippen molar-refractivity contribution in [1.29, 1.82) is 0 Å². The third-order valence-electron chi connectivity index (χ3n) is 3.56. The normalized spacial score (nSPS) is 16.4. The molecular weight excluding hydrogens is 295 g/mol. The number of thiazole rings is 1. The number of aromatic nitrogens is 1. The van der Waals surface area contributed by atoms with E-state index >= 15 is 0 Å². The van der Waals surface area contributed by atoms with E-state index in [-0.39, 0.29) is 16.9 Å². The zero-order valence-electron chi connectivity index (χ0n) is 11.4. The van der Waals surface area contributed by atoms with Gasteiger partial charge in [0.1, 0.15) is 10.8 Å². The van der Waals surface area contributed by atoms with Gasteiger partial charge in [-0.05, 0) is 32.8 Å². The van der Waals surface area contributed by atoms with Gasteiger partial charge in [0, 0.05) is 16.5 Å². The molecule has 1 atom stereocenters. The molecule has 1 saturated carbocycles. The number of nitrogens with one attached hydrogen (secondary N) is 1. The van der Waals surface area contributed by atoms with Crippen molar-refractivity contribution in [1.82, 2.24) is 10.3 Å². The van der Waals surface area contributed by atoms with Crippen LogP contribution in [0, 0.1) is 19.7 Å². The van der Waals surface area contributed by atoms with Gasteiger partial charge in [0.15, 0.2) is 0 Å². The van der Waals surface area contributed by atoms with E-state index < -0.39 is 0 Å². The van der Waals surface area contributed by atoms with Gasteiger partial charge in [-0.1, -0.05) is 23.7 Å². The average Bonchev–Trinajstić information content (AvgIpc) is 3.17. The van der Waals surface area contributed by atoms with Crippen LogP contribution in [-0.4, -0.2) is 11.0 Å². The van der Waals surface area contributed by atoms with Crippen molar-refractivity contribution in [3.05, 3.63) is 50.2 Å². The molecule has 1 unspecified atom stereocenters. The minimum absolute atomic E-state index is 0.162. The molecule has 1 aliphatic carbocycles. The first-order valence-corrected chi connectivity index (χ1v) is 7.89. The Labute approximate surface area is 127 Å². The molecule has 0 amide bonds. The first kappa shape index (κ1) is 14.0. The first-order chi connectivity index (χ1) is 9.56. The Balaban J connectivity index is 2.02. The lowest BCUT2D eigenvalue weighted by Gasteiger charge is -2.18. The number of hydrogen-bond acceptors (Lipinski definition) is 3. The quantitative estimate of drug-likeness (QED) is 0.905. The maximum absolute atomic E-state index is 14.3. The molecule has 1 N–H and O–H groups in total. The topological polar surface area (TPSA) is 24.9 Å². The zero-order valence-corrected chi connectivity index (χ0v) is 13.0. The van der Waals surface area contributed by atoms with Gasteiger partial charge in [-0.15, -0.1) is 11.3 Å². The summed E-state index contributed by atoms with van der Waals surface area (Å²) in [6.45, 7) is 4.02. The van der Waals surface area contributed by atoms with E-state index in [1.54, 1.807) is 29.5 Å². The van der Waals surface area contributed by atoms with E-state index in [1.165, 1.54) is 4.88 Å². The Morgan fingerprint density at radius 1 is 1.40 bits per heavy atom. The van der Waals surface area contributed by atoms with Crippen LogP contribution in [0.3, 0.4) is 0 Å². The standard InChI is InChI=1S/C15H16ClFN2S/c1-8-9(2)20-15(18-8)14(19-10-6-7-10)11-4-3-5-12(16)13(11)17/h3-5,10,14,19H,6-7H2,1-2H3. The molecule has 3 rings (SSSR count). The number of aryl methyl sites for hydroxylation is 2. The van der Waals surface area contributed by atoms with Crippen molar-refractivity contribution in [2.45, 2.75) is 38.8 Å². The first-order valence-electron chi connectivity index (χ1n) is 6.70. The summed E-state index contributed by atoms with van der Waals surface area (Å²) < 4.78 is 14.3. The van der Waals surface area contributed by atoms with Gasteiger partial charge >= 0.3 is 0 Å². The van der Waals surface area contributed by atoms with Gasteiger partial charge in [-0.3, -0.25) is 0 Å². The highest BCUT2D eigenvalue weighted by atomic mass is 35.5. The predicted molar refractivity (Wildman–Crippen MR) is 81.0 cm³/mol. The van der Waals surface area contributed by atoms with Crippen LogP contribution in [-0.2, 0) is 0 Å². The van der Waals surface area contributed by atoms with Gasteiger partial charge in [-0.25, -0.2) is 9.37 Å². The Kier molecular flexibility index (Phi) is 3.80. The Morgan fingerprint density at radius 2 is 2.15 bits per heavy atom. The molecule has 2 nitrogen and oxygen atoms in total. The van der Waals surface area contributed by atoms with Crippen LogP contribution in [0.25, 0.3) is 0 Å². The van der Waals surface area contributed by atoms with E-state index in [0.29, 0.717) is 11.6 Å². The zero-order chi connectivity index (χ0) is 14.3. The molecule has 1 aromatic carbocycles. The second kappa shape index (κ2) is 5.43. The number of rotatable bonds is 4. The molecule has 0 bridgehead atoms. The smallest absolute Gasteiger partial charge is 0.146 e. The summed E-state index contributed by atoms with van der Waals surface area (Å²) in [5.74, 6) is -0.349. The maximum atomic E-state index is 14.3. The second-order valence-electron chi connectivity index (χ2n) is 5.21. The number of benzene rings is 1. The molecule has 0 spiro atoms. The average molecular weight is 311 g/mol. The molecule has 20 heavy (non-hydrogen) atoms. The van der Waals surface area contributed by atoms with Crippen LogP contribution in [0.4, 0.5) is 4.39 Å². The molecule has 0 radical (unpaired) electrons. The van der Waals surface area contributed by atoms with Crippen molar-refractivity contribution < 1.29 is 4.39 Å². The molecule has 1 fully saturated rings. The lowest BCUT2D eigenvalue weighted by molar-refractivity contribution is 0.544. The number of halogens is 2. The lowest BCUT2D eigenvalue weighted by Crippen LogP contribution is -2.25. The van der Waals surface area contributed by atoms with E-state index in [0.717, 1.165) is 23.5 Å². The Hall–Kier alpha value is -0.970. The molecule has 5 heteroatoms. The number of nitrogens with zero attached hydrogens (tertiary/aromatic N) is 1. The predicted octanol–water partition coefficient (Wildman–Crippen LogP) is 4.39. The summed E-state index contributed by atoms with van der Waals surface area (Å²) in [4.78, 5) is 5.76. The van der Waals surface area contributed by atoms with Crippen molar-refractivity contribution in [3.8, 4) is 0 Å². The summed E-state index contributed by atoms with van der Waals surface area (Å²) in [5.41, 5.74) is 1.59. The van der Waals surface area contributed by atoms with Crippen molar-refractivity contribution in [2.75, 3.05) is 0 Å². The van der Waals surface area contributed by atoms with Crippen LogP contribution in [0.2, 0.25) is 5.02 Å². The highest BCUT2D eigenvalue weighted by molar-refractivity contribution is 7.11. The number of hydrogen-bond donors (Lipinski definition) is 1.